The van der Waals surface area contributed by atoms with Gasteiger partial charge in [0, 0.05) is 50.4 Å². The van der Waals surface area contributed by atoms with Crippen LogP contribution in [-0.2, 0) is 9.53 Å². The summed E-state index contributed by atoms with van der Waals surface area (Å²) in [6, 6.07) is 5.56. The lowest BCUT2D eigenvalue weighted by atomic mass is 9.79. The Morgan fingerprint density at radius 2 is 2.06 bits per heavy atom. The second-order valence-electron chi connectivity index (χ2n) is 8.25. The first-order valence-corrected chi connectivity index (χ1v) is 11.5. The van der Waals surface area contributed by atoms with E-state index in [0.717, 1.165) is 24.3 Å². The van der Waals surface area contributed by atoms with Gasteiger partial charge in [0.2, 0.25) is 0 Å². The molecule has 1 N–H and O–H groups in total. The van der Waals surface area contributed by atoms with Gasteiger partial charge < -0.3 is 24.2 Å². The summed E-state index contributed by atoms with van der Waals surface area (Å²) in [6.07, 6.45) is -0.432. The van der Waals surface area contributed by atoms with Crippen LogP contribution in [0.15, 0.2) is 18.2 Å². The summed E-state index contributed by atoms with van der Waals surface area (Å²) in [5.41, 5.74) is 1.97. The summed E-state index contributed by atoms with van der Waals surface area (Å²) in [5, 5.41) is 14.2. The van der Waals surface area contributed by atoms with Gasteiger partial charge in [-0.2, -0.15) is 5.21 Å². The number of aromatic nitrogens is 4. The fourth-order valence-corrected chi connectivity index (χ4v) is 4.86. The van der Waals surface area contributed by atoms with Gasteiger partial charge >= 0.3 is 12.1 Å². The molecule has 2 aromatic rings. The molecule has 3 unspecified atom stereocenters. The summed E-state index contributed by atoms with van der Waals surface area (Å²) >= 11 is 0. The third-order valence-corrected chi connectivity index (χ3v) is 6.59. The maximum Gasteiger partial charge on any atom is 0.410 e. The van der Waals surface area contributed by atoms with Crippen LogP contribution in [0.2, 0.25) is 0 Å². The minimum atomic E-state index is -0.559. The molecule has 4 rings (SSSR count). The molecule has 0 spiro atoms. The van der Waals surface area contributed by atoms with Crippen molar-refractivity contribution in [2.75, 3.05) is 49.1 Å². The normalized spacial score (nSPS) is 22.5. The molecule has 2 aliphatic heterocycles. The van der Waals surface area contributed by atoms with E-state index in [0.29, 0.717) is 31.3 Å². The lowest BCUT2D eigenvalue weighted by Crippen LogP contribution is -2.61. The monoisotopic (exact) mass is 457 g/mol. The number of fused-ring (bicyclic) bond motifs is 1. The first-order valence-electron chi connectivity index (χ1n) is 11.5. The highest BCUT2D eigenvalue weighted by Crippen LogP contribution is 2.42. The molecule has 0 radical (unpaired) electrons. The van der Waals surface area contributed by atoms with E-state index in [2.05, 4.69) is 45.4 Å². The SMILES string of the molecule is CCOC(=O)N1CCN(c2nn[nH]n2)CC1C1C(=O)Oc2cc(N(CC)CC)ccc2C1C. The second kappa shape index (κ2) is 9.63. The number of H-pyrrole nitrogens is 1. The highest BCUT2D eigenvalue weighted by molar-refractivity contribution is 5.82. The standard InChI is InChI=1S/C22H31N7O4/c1-5-27(6-2)15-8-9-16-14(4)19(20(30)33-18(16)12-15)17-13-28(21-23-25-26-24-21)10-11-29(17)22(31)32-7-3/h8-9,12,14,17,19H,5-7,10-11,13H2,1-4H3,(H,23,24,25,26). The van der Waals surface area contributed by atoms with Crippen molar-refractivity contribution in [1.82, 2.24) is 25.5 Å². The van der Waals surface area contributed by atoms with Gasteiger partial charge in [0.15, 0.2) is 0 Å². The number of nitrogens with one attached hydrogen (secondary N) is 1. The molecule has 33 heavy (non-hydrogen) atoms. The zero-order valence-corrected chi connectivity index (χ0v) is 19.5. The van der Waals surface area contributed by atoms with Crippen molar-refractivity contribution in [3.05, 3.63) is 23.8 Å². The van der Waals surface area contributed by atoms with Crippen molar-refractivity contribution in [2.45, 2.75) is 39.7 Å². The van der Waals surface area contributed by atoms with E-state index in [1.54, 1.807) is 11.8 Å². The molecule has 1 amide bonds. The first-order chi connectivity index (χ1) is 16.0. The zero-order valence-electron chi connectivity index (χ0n) is 19.5. The number of carbonyl (C=O) groups excluding carboxylic acids is 2. The average Bonchev–Trinajstić information content (AvgIpc) is 3.35. The number of rotatable bonds is 6. The number of anilines is 2. The van der Waals surface area contributed by atoms with Crippen molar-refractivity contribution in [1.29, 1.82) is 0 Å². The van der Waals surface area contributed by atoms with E-state index in [1.165, 1.54) is 0 Å². The number of carbonyl (C=O) groups is 2. The van der Waals surface area contributed by atoms with Gasteiger partial charge in [-0.15, -0.1) is 5.10 Å². The van der Waals surface area contributed by atoms with Gasteiger partial charge in [0.25, 0.3) is 5.95 Å². The van der Waals surface area contributed by atoms with Crippen LogP contribution in [0.1, 0.15) is 39.2 Å². The van der Waals surface area contributed by atoms with Crippen molar-refractivity contribution >= 4 is 23.7 Å². The number of nitrogens with zero attached hydrogens (tertiary/aromatic N) is 6. The Morgan fingerprint density at radius 1 is 1.27 bits per heavy atom. The van der Waals surface area contributed by atoms with E-state index < -0.39 is 18.1 Å². The van der Waals surface area contributed by atoms with Crippen LogP contribution >= 0.6 is 0 Å². The fraction of sp³-hybridized carbons (Fsp3) is 0.591. The highest BCUT2D eigenvalue weighted by atomic mass is 16.6. The Labute approximate surface area is 193 Å². The summed E-state index contributed by atoms with van der Waals surface area (Å²) in [7, 11) is 0. The molecule has 11 nitrogen and oxygen atoms in total. The molecule has 0 bridgehead atoms. The predicted molar refractivity (Wildman–Crippen MR) is 121 cm³/mol. The Bertz CT molecular complexity index is 979. The molecule has 3 heterocycles. The molecular formula is C22H31N7O4. The van der Waals surface area contributed by atoms with Gasteiger partial charge in [0.05, 0.1) is 18.6 Å². The molecule has 1 saturated heterocycles. The average molecular weight is 458 g/mol. The number of amides is 1. The van der Waals surface area contributed by atoms with E-state index in [9.17, 15) is 9.59 Å². The van der Waals surface area contributed by atoms with Gasteiger partial charge in [-0.25, -0.2) is 4.79 Å². The van der Waals surface area contributed by atoms with Crippen LogP contribution in [0, 0.1) is 5.92 Å². The number of tetrazole rings is 1. The predicted octanol–water partition coefficient (Wildman–Crippen LogP) is 2.03. The van der Waals surface area contributed by atoms with E-state index in [-0.39, 0.29) is 18.5 Å². The zero-order chi connectivity index (χ0) is 23.5. The lowest BCUT2D eigenvalue weighted by molar-refractivity contribution is -0.143. The number of ether oxygens (including phenoxy) is 2. The van der Waals surface area contributed by atoms with Gasteiger partial charge in [-0.3, -0.25) is 4.79 Å². The van der Waals surface area contributed by atoms with Crippen LogP contribution in [0.5, 0.6) is 5.75 Å². The molecular weight excluding hydrogens is 426 g/mol. The Morgan fingerprint density at radius 3 is 2.73 bits per heavy atom. The van der Waals surface area contributed by atoms with E-state index in [1.807, 2.05) is 24.0 Å². The highest BCUT2D eigenvalue weighted by Gasteiger charge is 2.47. The van der Waals surface area contributed by atoms with Gasteiger partial charge in [0.1, 0.15) is 5.75 Å². The van der Waals surface area contributed by atoms with Crippen molar-refractivity contribution in [2.24, 2.45) is 5.92 Å². The van der Waals surface area contributed by atoms with Crippen molar-refractivity contribution < 1.29 is 19.1 Å². The molecule has 1 fully saturated rings. The van der Waals surface area contributed by atoms with Crippen molar-refractivity contribution in [3.63, 3.8) is 0 Å². The summed E-state index contributed by atoms with van der Waals surface area (Å²) in [6.45, 7) is 11.2. The number of aromatic amines is 1. The van der Waals surface area contributed by atoms with Gasteiger partial charge in [-0.1, -0.05) is 18.1 Å². The molecule has 11 heteroatoms. The first kappa shape index (κ1) is 22.8. The minimum Gasteiger partial charge on any atom is -0.450 e. The molecule has 0 aliphatic carbocycles. The lowest BCUT2D eigenvalue weighted by Gasteiger charge is -2.45. The van der Waals surface area contributed by atoms with Crippen LogP contribution in [0.3, 0.4) is 0 Å². The number of piperazine rings is 1. The quantitative estimate of drug-likeness (QED) is 0.514. The maximum absolute atomic E-state index is 13.3. The van der Waals surface area contributed by atoms with Gasteiger partial charge in [-0.05, 0) is 37.6 Å². The van der Waals surface area contributed by atoms with E-state index in [4.69, 9.17) is 9.47 Å². The smallest absolute Gasteiger partial charge is 0.410 e. The number of esters is 1. The number of hydrogen-bond donors (Lipinski definition) is 1. The summed E-state index contributed by atoms with van der Waals surface area (Å²) < 4.78 is 11.1. The van der Waals surface area contributed by atoms with Crippen LogP contribution in [0.4, 0.5) is 16.4 Å². The molecule has 0 saturated carbocycles. The second-order valence-corrected chi connectivity index (χ2v) is 8.25. The molecule has 2 aliphatic rings. The van der Waals surface area contributed by atoms with Crippen LogP contribution in [-0.4, -0.2) is 83.0 Å². The fourth-order valence-electron chi connectivity index (χ4n) is 4.86. The third kappa shape index (κ3) is 4.31. The maximum atomic E-state index is 13.3. The summed E-state index contributed by atoms with van der Waals surface area (Å²) in [4.78, 5) is 31.9. The molecule has 178 valence electrons. The van der Waals surface area contributed by atoms with Crippen molar-refractivity contribution in [3.8, 4) is 5.75 Å². The van der Waals surface area contributed by atoms with E-state index >= 15 is 0 Å². The Hall–Kier alpha value is -3.37. The number of hydrogen-bond acceptors (Lipinski definition) is 9. The Kier molecular flexibility index (Phi) is 6.66. The molecule has 1 aromatic carbocycles. The topological polar surface area (TPSA) is 117 Å². The molecule has 3 atom stereocenters. The third-order valence-electron chi connectivity index (χ3n) is 6.59. The largest absolute Gasteiger partial charge is 0.450 e. The summed E-state index contributed by atoms with van der Waals surface area (Å²) in [5.74, 6) is -0.0395. The number of benzene rings is 1. The Balaban J connectivity index is 1.65. The minimum absolute atomic E-state index is 0.154. The van der Waals surface area contributed by atoms with Crippen LogP contribution in [0.25, 0.3) is 0 Å². The van der Waals surface area contributed by atoms with Crippen LogP contribution < -0.4 is 14.5 Å². The molecule has 1 aromatic heterocycles.